The molecular weight excluding hydrogens is 183 g/mol. The second-order valence-electron chi connectivity index (χ2n) is 2.17. The van der Waals surface area contributed by atoms with Crippen molar-refractivity contribution >= 4 is 23.2 Å². The number of nitrogens with zero attached hydrogens (tertiary/aromatic N) is 2. The smallest absolute Gasteiger partial charge is 0.135 e. The van der Waals surface area contributed by atoms with Gasteiger partial charge in [-0.2, -0.15) is 0 Å². The Morgan fingerprint density at radius 3 is 2.73 bits per heavy atom. The predicted molar refractivity (Wildman–Crippen MR) is 46.2 cm³/mol. The van der Waals surface area contributed by atoms with Gasteiger partial charge in [-0.15, -0.1) is 11.6 Å². The van der Waals surface area contributed by atoms with Crippen molar-refractivity contribution < 1.29 is 0 Å². The molecule has 0 aliphatic carbocycles. The third kappa shape index (κ3) is 2.04. The van der Waals surface area contributed by atoms with Crippen LogP contribution in [-0.2, 0) is 6.42 Å². The van der Waals surface area contributed by atoms with E-state index in [0.29, 0.717) is 11.0 Å². The summed E-state index contributed by atoms with van der Waals surface area (Å²) in [5, 5.41) is 0.512. The molecule has 0 aliphatic rings. The molecule has 0 saturated heterocycles. The first-order chi connectivity index (χ1) is 5.25. The zero-order chi connectivity index (χ0) is 8.27. The summed E-state index contributed by atoms with van der Waals surface area (Å²) in [5.41, 5.74) is 1.86. The minimum Gasteiger partial charge on any atom is -0.241 e. The summed E-state index contributed by atoms with van der Waals surface area (Å²) in [6, 6.07) is 0. The van der Waals surface area contributed by atoms with Gasteiger partial charge < -0.3 is 0 Å². The van der Waals surface area contributed by atoms with Crippen LogP contribution in [0.1, 0.15) is 11.3 Å². The standard InChI is InChI=1S/C7H8Cl2N2/c1-5-6(2-3-8)7(9)11-4-10-5/h4H,2-3H2,1H3. The van der Waals surface area contributed by atoms with Gasteiger partial charge in [0.1, 0.15) is 11.5 Å². The van der Waals surface area contributed by atoms with Crippen molar-refractivity contribution in [2.75, 3.05) is 5.88 Å². The summed E-state index contributed by atoms with van der Waals surface area (Å²) in [6.07, 6.45) is 2.18. The third-order valence-electron chi connectivity index (χ3n) is 1.45. The molecular formula is C7H8Cl2N2. The summed E-state index contributed by atoms with van der Waals surface area (Å²) in [6.45, 7) is 1.90. The number of alkyl halides is 1. The minimum atomic E-state index is 0.512. The lowest BCUT2D eigenvalue weighted by atomic mass is 10.2. The van der Waals surface area contributed by atoms with Gasteiger partial charge in [-0.1, -0.05) is 11.6 Å². The number of aryl methyl sites for hydroxylation is 1. The van der Waals surface area contributed by atoms with Crippen molar-refractivity contribution in [2.24, 2.45) is 0 Å². The van der Waals surface area contributed by atoms with Crippen LogP contribution >= 0.6 is 23.2 Å². The van der Waals surface area contributed by atoms with Gasteiger partial charge >= 0.3 is 0 Å². The second-order valence-corrected chi connectivity index (χ2v) is 2.90. The summed E-state index contributed by atoms with van der Waals surface area (Å²) < 4.78 is 0. The summed E-state index contributed by atoms with van der Waals surface area (Å²) in [7, 11) is 0. The van der Waals surface area contributed by atoms with Crippen molar-refractivity contribution in [1.82, 2.24) is 9.97 Å². The Morgan fingerprint density at radius 2 is 2.18 bits per heavy atom. The minimum absolute atomic E-state index is 0.512. The molecule has 1 aromatic rings. The molecule has 0 radical (unpaired) electrons. The topological polar surface area (TPSA) is 25.8 Å². The Bertz CT molecular complexity index is 230. The molecule has 1 heterocycles. The fourth-order valence-corrected chi connectivity index (χ4v) is 1.31. The molecule has 1 rings (SSSR count). The average molecular weight is 191 g/mol. The lowest BCUT2D eigenvalue weighted by molar-refractivity contribution is 0.999. The average Bonchev–Trinajstić information content (AvgIpc) is 1.97. The van der Waals surface area contributed by atoms with E-state index in [1.807, 2.05) is 6.92 Å². The Labute approximate surface area is 75.6 Å². The second kappa shape index (κ2) is 3.88. The molecule has 0 N–H and O–H groups in total. The van der Waals surface area contributed by atoms with E-state index in [-0.39, 0.29) is 0 Å². The Balaban J connectivity index is 3.00. The van der Waals surface area contributed by atoms with Crippen LogP contribution < -0.4 is 0 Å². The van der Waals surface area contributed by atoms with Crippen molar-refractivity contribution in [3.63, 3.8) is 0 Å². The van der Waals surface area contributed by atoms with Gasteiger partial charge in [-0.3, -0.25) is 0 Å². The molecule has 0 bridgehead atoms. The van der Waals surface area contributed by atoms with Crippen LogP contribution in [0.3, 0.4) is 0 Å². The molecule has 0 atom stereocenters. The zero-order valence-electron chi connectivity index (χ0n) is 6.14. The van der Waals surface area contributed by atoms with Gasteiger partial charge in [0, 0.05) is 17.1 Å². The molecule has 0 aliphatic heterocycles. The first-order valence-corrected chi connectivity index (χ1v) is 4.19. The molecule has 2 nitrogen and oxygen atoms in total. The number of aromatic nitrogens is 2. The van der Waals surface area contributed by atoms with Crippen LogP contribution in [0.2, 0.25) is 5.15 Å². The zero-order valence-corrected chi connectivity index (χ0v) is 7.65. The third-order valence-corrected chi connectivity index (χ3v) is 1.97. The lowest BCUT2D eigenvalue weighted by Gasteiger charge is -2.02. The van der Waals surface area contributed by atoms with Crippen molar-refractivity contribution in [1.29, 1.82) is 0 Å². The predicted octanol–water partition coefficient (Wildman–Crippen LogP) is 2.22. The molecule has 0 amide bonds. The van der Waals surface area contributed by atoms with Crippen molar-refractivity contribution in [3.8, 4) is 0 Å². The van der Waals surface area contributed by atoms with Crippen LogP contribution in [0.25, 0.3) is 0 Å². The van der Waals surface area contributed by atoms with E-state index in [1.165, 1.54) is 6.33 Å². The first-order valence-electron chi connectivity index (χ1n) is 3.27. The first kappa shape index (κ1) is 8.75. The van der Waals surface area contributed by atoms with Gasteiger partial charge in [-0.25, -0.2) is 9.97 Å². The molecule has 0 saturated carbocycles. The molecule has 0 fully saturated rings. The van der Waals surface area contributed by atoms with Gasteiger partial charge in [-0.05, 0) is 13.3 Å². The Kier molecular flexibility index (Phi) is 3.09. The van der Waals surface area contributed by atoms with E-state index in [9.17, 15) is 0 Å². The SMILES string of the molecule is Cc1ncnc(Cl)c1CCCl. The lowest BCUT2D eigenvalue weighted by Crippen LogP contribution is -1.96. The van der Waals surface area contributed by atoms with Crippen LogP contribution in [0.15, 0.2) is 6.33 Å². The van der Waals surface area contributed by atoms with E-state index in [2.05, 4.69) is 9.97 Å². The molecule has 1 aromatic heterocycles. The molecule has 11 heavy (non-hydrogen) atoms. The maximum atomic E-state index is 5.80. The van der Waals surface area contributed by atoms with Crippen LogP contribution in [-0.4, -0.2) is 15.8 Å². The molecule has 4 heteroatoms. The van der Waals surface area contributed by atoms with Gasteiger partial charge in [0.2, 0.25) is 0 Å². The molecule has 0 aromatic carbocycles. The molecule has 0 unspecified atom stereocenters. The highest BCUT2D eigenvalue weighted by molar-refractivity contribution is 6.30. The van der Waals surface area contributed by atoms with E-state index < -0.39 is 0 Å². The highest BCUT2D eigenvalue weighted by Gasteiger charge is 2.04. The summed E-state index contributed by atoms with van der Waals surface area (Å²) in [5.74, 6) is 0.550. The molecule has 0 spiro atoms. The van der Waals surface area contributed by atoms with Crippen LogP contribution in [0.4, 0.5) is 0 Å². The maximum absolute atomic E-state index is 5.80. The fraction of sp³-hybridized carbons (Fsp3) is 0.429. The van der Waals surface area contributed by atoms with Crippen LogP contribution in [0.5, 0.6) is 0 Å². The normalized spacial score (nSPS) is 10.1. The number of halogens is 2. The summed E-state index contributed by atoms with van der Waals surface area (Å²) in [4.78, 5) is 7.86. The van der Waals surface area contributed by atoms with Crippen molar-refractivity contribution in [3.05, 3.63) is 22.7 Å². The van der Waals surface area contributed by atoms with E-state index in [0.717, 1.165) is 17.7 Å². The number of hydrogen-bond acceptors (Lipinski definition) is 2. The Morgan fingerprint density at radius 1 is 1.45 bits per heavy atom. The number of hydrogen-bond donors (Lipinski definition) is 0. The van der Waals surface area contributed by atoms with E-state index in [4.69, 9.17) is 23.2 Å². The van der Waals surface area contributed by atoms with Crippen LogP contribution in [0, 0.1) is 6.92 Å². The maximum Gasteiger partial charge on any atom is 0.135 e. The fourth-order valence-electron chi connectivity index (χ4n) is 0.850. The van der Waals surface area contributed by atoms with Gasteiger partial charge in [0.15, 0.2) is 0 Å². The highest BCUT2D eigenvalue weighted by Crippen LogP contribution is 2.15. The van der Waals surface area contributed by atoms with Gasteiger partial charge in [0.25, 0.3) is 0 Å². The quantitative estimate of drug-likeness (QED) is 0.529. The van der Waals surface area contributed by atoms with E-state index >= 15 is 0 Å². The Hall–Kier alpha value is -0.340. The van der Waals surface area contributed by atoms with Crippen molar-refractivity contribution in [2.45, 2.75) is 13.3 Å². The van der Waals surface area contributed by atoms with Gasteiger partial charge in [0.05, 0.1) is 0 Å². The summed E-state index contributed by atoms with van der Waals surface area (Å²) >= 11 is 11.4. The van der Waals surface area contributed by atoms with E-state index in [1.54, 1.807) is 0 Å². The number of rotatable bonds is 2. The largest absolute Gasteiger partial charge is 0.241 e. The highest BCUT2D eigenvalue weighted by atomic mass is 35.5. The monoisotopic (exact) mass is 190 g/mol. The molecule has 60 valence electrons.